The zero-order valence-electron chi connectivity index (χ0n) is 26.8. The second-order valence-electron chi connectivity index (χ2n) is 13.9. The Balaban J connectivity index is 1.17. The Hall–Kier alpha value is -2.51. The highest BCUT2D eigenvalue weighted by molar-refractivity contribution is 7.87. The van der Waals surface area contributed by atoms with Gasteiger partial charge in [0.25, 0.3) is 20.2 Å². The van der Waals surface area contributed by atoms with Crippen LogP contribution >= 0.6 is 0 Å². The van der Waals surface area contributed by atoms with Gasteiger partial charge in [0, 0.05) is 31.7 Å². The number of carbonyl (C=O) groups excluding carboxylic acids is 1. The van der Waals surface area contributed by atoms with Gasteiger partial charge in [-0.25, -0.2) is 4.79 Å². The summed E-state index contributed by atoms with van der Waals surface area (Å²) < 4.78 is 67.3. The molecule has 45 heavy (non-hydrogen) atoms. The number of benzene rings is 2. The van der Waals surface area contributed by atoms with E-state index in [2.05, 4.69) is 4.90 Å². The molecular weight excluding hydrogens is 617 g/mol. The molecule has 1 saturated heterocycles. The van der Waals surface area contributed by atoms with Crippen molar-refractivity contribution < 1.29 is 34.7 Å². The van der Waals surface area contributed by atoms with Gasteiger partial charge < -0.3 is 9.64 Å². The summed E-state index contributed by atoms with van der Waals surface area (Å²) in [5.74, 6) is 0.529. The standard InChI is InChI=1S/C33H46N2O8S2/c1-23-6-10-29(11-7-23)44(37,38)41-21-25-16-27(17-25)31-20-34(32(36)43-33(3,4)5)14-15-35(31)28-18-26(19-28)22-42-45(39,40)30-12-8-24(2)9-13-30/h6-13,25-28,31H,14-22H2,1-5H3. The van der Waals surface area contributed by atoms with Crippen molar-refractivity contribution in [3.8, 4) is 0 Å². The highest BCUT2D eigenvalue weighted by Crippen LogP contribution is 2.43. The Kier molecular flexibility index (Phi) is 10.0. The minimum atomic E-state index is -3.82. The predicted molar refractivity (Wildman–Crippen MR) is 170 cm³/mol. The largest absolute Gasteiger partial charge is 0.444 e. The van der Waals surface area contributed by atoms with Gasteiger partial charge in [0.05, 0.1) is 23.0 Å². The van der Waals surface area contributed by atoms with Gasteiger partial charge in [0.2, 0.25) is 0 Å². The topological polar surface area (TPSA) is 120 Å². The first-order valence-electron chi connectivity index (χ1n) is 15.8. The molecule has 2 aliphatic carbocycles. The highest BCUT2D eigenvalue weighted by atomic mass is 32.2. The summed E-state index contributed by atoms with van der Waals surface area (Å²) in [5.41, 5.74) is 1.37. The highest BCUT2D eigenvalue weighted by Gasteiger charge is 2.47. The van der Waals surface area contributed by atoms with E-state index in [9.17, 15) is 21.6 Å². The average Bonchev–Trinajstić information content (AvgIpc) is 2.91. The molecule has 248 valence electrons. The van der Waals surface area contributed by atoms with E-state index in [0.717, 1.165) is 36.8 Å². The van der Waals surface area contributed by atoms with Crippen molar-refractivity contribution in [1.82, 2.24) is 9.80 Å². The molecule has 3 fully saturated rings. The van der Waals surface area contributed by atoms with Gasteiger partial charge >= 0.3 is 6.09 Å². The van der Waals surface area contributed by atoms with Crippen molar-refractivity contribution in [2.75, 3.05) is 32.8 Å². The zero-order chi connectivity index (χ0) is 32.6. The van der Waals surface area contributed by atoms with Crippen molar-refractivity contribution in [3.05, 3.63) is 59.7 Å². The van der Waals surface area contributed by atoms with E-state index in [1.165, 1.54) is 0 Å². The van der Waals surface area contributed by atoms with E-state index in [1.54, 1.807) is 53.4 Å². The van der Waals surface area contributed by atoms with Crippen molar-refractivity contribution in [1.29, 1.82) is 0 Å². The average molecular weight is 663 g/mol. The van der Waals surface area contributed by atoms with Gasteiger partial charge in [0.15, 0.2) is 0 Å². The quantitative estimate of drug-likeness (QED) is 0.319. The van der Waals surface area contributed by atoms with Gasteiger partial charge in [-0.2, -0.15) is 16.8 Å². The summed E-state index contributed by atoms with van der Waals surface area (Å²) in [4.78, 5) is 17.5. The molecule has 0 radical (unpaired) electrons. The lowest BCUT2D eigenvalue weighted by atomic mass is 9.69. The zero-order valence-corrected chi connectivity index (χ0v) is 28.5. The fourth-order valence-corrected chi connectivity index (χ4v) is 8.41. The van der Waals surface area contributed by atoms with Crippen LogP contribution in [0.3, 0.4) is 0 Å². The SMILES string of the molecule is Cc1ccc(S(=O)(=O)OCC2CC(C3CN(C(=O)OC(C)(C)C)CCN3C3CC(COS(=O)(=O)c4ccc(C)cc4)C3)C2)cc1. The number of hydrogen-bond donors (Lipinski definition) is 0. The summed E-state index contributed by atoms with van der Waals surface area (Å²) >= 11 is 0. The first-order chi connectivity index (χ1) is 21.1. The van der Waals surface area contributed by atoms with Crippen LogP contribution < -0.4 is 0 Å². The number of ether oxygens (including phenoxy) is 1. The molecule has 2 saturated carbocycles. The maximum Gasteiger partial charge on any atom is 0.410 e. The van der Waals surface area contributed by atoms with E-state index in [0.29, 0.717) is 19.6 Å². The van der Waals surface area contributed by atoms with Gasteiger partial charge in [-0.05, 0) is 102 Å². The lowest BCUT2D eigenvalue weighted by molar-refractivity contribution is -0.0671. The molecular formula is C33H46N2O8S2. The van der Waals surface area contributed by atoms with Crippen LogP contribution in [0.4, 0.5) is 4.79 Å². The van der Waals surface area contributed by atoms with Crippen LogP contribution in [0, 0.1) is 31.6 Å². The number of piperazine rings is 1. The van der Waals surface area contributed by atoms with Gasteiger partial charge in [-0.15, -0.1) is 0 Å². The van der Waals surface area contributed by atoms with Crippen LogP contribution in [0.15, 0.2) is 58.3 Å². The fraction of sp³-hybridized carbons (Fsp3) is 0.606. The van der Waals surface area contributed by atoms with Gasteiger partial charge in [-0.1, -0.05) is 35.4 Å². The molecule has 0 bridgehead atoms. The minimum Gasteiger partial charge on any atom is -0.444 e. The molecule has 3 aliphatic rings. The molecule has 1 aliphatic heterocycles. The molecule has 1 heterocycles. The van der Waals surface area contributed by atoms with Crippen LogP contribution in [0.25, 0.3) is 0 Å². The molecule has 10 nitrogen and oxygen atoms in total. The molecule has 0 aromatic heterocycles. The Labute approximate surface area is 268 Å². The van der Waals surface area contributed by atoms with E-state index < -0.39 is 25.8 Å². The second-order valence-corrected chi connectivity index (χ2v) is 17.2. The summed E-state index contributed by atoms with van der Waals surface area (Å²) in [5, 5.41) is 0. The monoisotopic (exact) mass is 662 g/mol. The van der Waals surface area contributed by atoms with Crippen LogP contribution in [-0.4, -0.2) is 83.3 Å². The third kappa shape index (κ3) is 8.45. The number of aryl methyl sites for hydroxylation is 2. The molecule has 12 heteroatoms. The number of hydrogen-bond acceptors (Lipinski definition) is 9. The van der Waals surface area contributed by atoms with Gasteiger partial charge in [-0.3, -0.25) is 13.3 Å². The summed E-state index contributed by atoms with van der Waals surface area (Å²) in [7, 11) is -7.63. The fourth-order valence-electron chi connectivity index (χ4n) is 6.45. The van der Waals surface area contributed by atoms with Crippen molar-refractivity contribution >= 4 is 26.3 Å². The molecule has 1 amide bonds. The third-order valence-electron chi connectivity index (χ3n) is 9.15. The Bertz CT molecular complexity index is 1540. The van der Waals surface area contributed by atoms with Crippen molar-refractivity contribution in [2.24, 2.45) is 17.8 Å². The number of amides is 1. The molecule has 1 atom stereocenters. The minimum absolute atomic E-state index is 0.0967. The normalized spacial score (nSPS) is 26.2. The lowest BCUT2D eigenvalue weighted by Gasteiger charge is -2.55. The number of nitrogens with zero attached hydrogens (tertiary/aromatic N) is 2. The summed E-state index contributed by atoms with van der Waals surface area (Å²) in [6.45, 7) is 11.4. The maximum atomic E-state index is 13.0. The number of carbonyl (C=O) groups is 1. The molecule has 0 N–H and O–H groups in total. The van der Waals surface area contributed by atoms with Crippen molar-refractivity contribution in [2.45, 2.75) is 87.8 Å². The summed E-state index contributed by atoms with van der Waals surface area (Å²) in [6.07, 6.45) is 2.93. The summed E-state index contributed by atoms with van der Waals surface area (Å²) in [6, 6.07) is 13.6. The van der Waals surface area contributed by atoms with Crippen LogP contribution in [0.1, 0.15) is 57.6 Å². The van der Waals surface area contributed by atoms with Crippen molar-refractivity contribution in [3.63, 3.8) is 0 Å². The predicted octanol–water partition coefficient (Wildman–Crippen LogP) is 5.14. The molecule has 1 unspecified atom stereocenters. The number of rotatable bonds is 10. The molecule has 5 rings (SSSR count). The van der Waals surface area contributed by atoms with E-state index in [1.807, 2.05) is 34.6 Å². The van der Waals surface area contributed by atoms with Crippen LogP contribution in [-0.2, 0) is 33.3 Å². The third-order valence-corrected chi connectivity index (χ3v) is 11.7. The molecule has 2 aromatic carbocycles. The van der Waals surface area contributed by atoms with E-state index in [4.69, 9.17) is 13.1 Å². The van der Waals surface area contributed by atoms with Crippen LogP contribution in [0.5, 0.6) is 0 Å². The Morgan fingerprint density at radius 1 is 0.756 bits per heavy atom. The molecule has 0 spiro atoms. The smallest absolute Gasteiger partial charge is 0.410 e. The maximum absolute atomic E-state index is 13.0. The Morgan fingerprint density at radius 3 is 1.69 bits per heavy atom. The van der Waals surface area contributed by atoms with Gasteiger partial charge in [0.1, 0.15) is 5.60 Å². The Morgan fingerprint density at radius 2 is 1.22 bits per heavy atom. The molecule has 2 aromatic rings. The first kappa shape index (κ1) is 33.8. The van der Waals surface area contributed by atoms with E-state index in [-0.39, 0.29) is 58.9 Å². The lowest BCUT2D eigenvalue weighted by Crippen LogP contribution is -2.64. The van der Waals surface area contributed by atoms with E-state index >= 15 is 0 Å². The first-order valence-corrected chi connectivity index (χ1v) is 18.6. The van der Waals surface area contributed by atoms with Crippen LogP contribution in [0.2, 0.25) is 0 Å². The second kappa shape index (κ2) is 13.3.